The van der Waals surface area contributed by atoms with E-state index in [1.54, 1.807) is 0 Å². The maximum atomic E-state index is 10.4. The maximum Gasteiger partial charge on any atom is 0.0672 e. The van der Waals surface area contributed by atoms with Gasteiger partial charge >= 0.3 is 0 Å². The molecule has 0 bridgehead atoms. The Morgan fingerprint density at radius 3 is 2.68 bits per heavy atom. The number of nitrogens with one attached hydrogen (secondary N) is 1. The lowest BCUT2D eigenvalue weighted by atomic mass is 9.93. The van der Waals surface area contributed by atoms with Crippen molar-refractivity contribution in [2.24, 2.45) is 5.92 Å². The number of benzene rings is 1. The molecule has 0 saturated heterocycles. The maximum absolute atomic E-state index is 10.4. The zero-order chi connectivity index (χ0) is 14.5. The second-order valence-electron chi connectivity index (χ2n) is 5.76. The molecule has 0 saturated carbocycles. The first-order chi connectivity index (χ1) is 8.80. The number of rotatable bonds is 7. The summed E-state index contributed by atoms with van der Waals surface area (Å²) < 4.78 is 0.958. The topological polar surface area (TPSA) is 32.3 Å². The number of hydrogen-bond donors (Lipinski definition) is 2. The standard InChI is InChI=1S/C15H23BrClNO/c1-11(2)10-18-7-6-15(3,19)9-12-4-5-13(16)8-14(12)17/h4-5,8,11,18-19H,6-7,9-10H2,1-3H3. The van der Waals surface area contributed by atoms with Crippen molar-refractivity contribution in [1.82, 2.24) is 5.32 Å². The zero-order valence-electron chi connectivity index (χ0n) is 11.8. The van der Waals surface area contributed by atoms with Crippen LogP contribution in [0.4, 0.5) is 0 Å². The highest BCUT2D eigenvalue weighted by atomic mass is 79.9. The van der Waals surface area contributed by atoms with E-state index in [0.717, 1.165) is 23.1 Å². The van der Waals surface area contributed by atoms with E-state index in [1.807, 2.05) is 25.1 Å². The first-order valence-electron chi connectivity index (χ1n) is 6.67. The largest absolute Gasteiger partial charge is 0.390 e. The van der Waals surface area contributed by atoms with E-state index < -0.39 is 5.60 Å². The van der Waals surface area contributed by atoms with Gasteiger partial charge in [0, 0.05) is 15.9 Å². The molecule has 0 radical (unpaired) electrons. The molecule has 0 aromatic heterocycles. The van der Waals surface area contributed by atoms with E-state index in [9.17, 15) is 5.11 Å². The van der Waals surface area contributed by atoms with E-state index in [1.165, 1.54) is 0 Å². The van der Waals surface area contributed by atoms with Crippen LogP contribution in [-0.4, -0.2) is 23.8 Å². The van der Waals surface area contributed by atoms with Crippen molar-refractivity contribution in [2.45, 2.75) is 39.2 Å². The van der Waals surface area contributed by atoms with Gasteiger partial charge in [0.15, 0.2) is 0 Å². The van der Waals surface area contributed by atoms with Gasteiger partial charge in [0.1, 0.15) is 0 Å². The predicted molar refractivity (Wildman–Crippen MR) is 85.8 cm³/mol. The number of halogens is 2. The number of aliphatic hydroxyl groups is 1. The first-order valence-corrected chi connectivity index (χ1v) is 7.84. The van der Waals surface area contributed by atoms with E-state index >= 15 is 0 Å². The fourth-order valence-electron chi connectivity index (χ4n) is 1.91. The third-order valence-corrected chi connectivity index (χ3v) is 3.82. The summed E-state index contributed by atoms with van der Waals surface area (Å²) in [4.78, 5) is 0. The van der Waals surface area contributed by atoms with Crippen molar-refractivity contribution in [3.8, 4) is 0 Å². The number of hydrogen-bond acceptors (Lipinski definition) is 2. The molecule has 0 aliphatic heterocycles. The quantitative estimate of drug-likeness (QED) is 0.729. The van der Waals surface area contributed by atoms with E-state index in [-0.39, 0.29) is 0 Å². The van der Waals surface area contributed by atoms with Crippen LogP contribution in [0.2, 0.25) is 5.02 Å². The first kappa shape index (κ1) is 17.0. The normalized spacial score (nSPS) is 14.7. The molecule has 0 aliphatic carbocycles. The fourth-order valence-corrected chi connectivity index (χ4v) is 2.65. The van der Waals surface area contributed by atoms with Crippen LogP contribution in [0.1, 0.15) is 32.8 Å². The lowest BCUT2D eigenvalue weighted by Crippen LogP contribution is -2.33. The van der Waals surface area contributed by atoms with Crippen LogP contribution in [-0.2, 0) is 6.42 Å². The lowest BCUT2D eigenvalue weighted by molar-refractivity contribution is 0.0514. The lowest BCUT2D eigenvalue weighted by Gasteiger charge is -2.24. The summed E-state index contributed by atoms with van der Waals surface area (Å²) in [6.07, 6.45) is 1.29. The van der Waals surface area contributed by atoms with Crippen LogP contribution in [0.5, 0.6) is 0 Å². The SMILES string of the molecule is CC(C)CNCCC(C)(O)Cc1ccc(Br)cc1Cl. The molecule has 1 aromatic carbocycles. The molecular weight excluding hydrogens is 326 g/mol. The Bertz CT molecular complexity index is 407. The molecule has 1 rings (SSSR count). The highest BCUT2D eigenvalue weighted by molar-refractivity contribution is 9.10. The predicted octanol–water partition coefficient (Wildman–Crippen LogP) is 4.03. The minimum Gasteiger partial charge on any atom is -0.390 e. The summed E-state index contributed by atoms with van der Waals surface area (Å²) in [6, 6.07) is 5.78. The molecule has 0 spiro atoms. The Hall–Kier alpha value is -0.0900. The van der Waals surface area contributed by atoms with Crippen LogP contribution in [0.3, 0.4) is 0 Å². The highest BCUT2D eigenvalue weighted by Crippen LogP contribution is 2.26. The summed E-state index contributed by atoms with van der Waals surface area (Å²) in [7, 11) is 0. The molecule has 4 heteroatoms. The van der Waals surface area contributed by atoms with Gasteiger partial charge in [-0.3, -0.25) is 0 Å². The summed E-state index contributed by atoms with van der Waals surface area (Å²) in [5.41, 5.74) is 0.250. The minimum absolute atomic E-state index is 0.572. The van der Waals surface area contributed by atoms with Gasteiger partial charge in [0.25, 0.3) is 0 Å². The average Bonchev–Trinajstić information content (AvgIpc) is 2.28. The molecule has 0 aliphatic rings. The van der Waals surface area contributed by atoms with Gasteiger partial charge in [0.2, 0.25) is 0 Å². The van der Waals surface area contributed by atoms with Crippen molar-refractivity contribution in [1.29, 1.82) is 0 Å². The van der Waals surface area contributed by atoms with E-state index in [4.69, 9.17) is 11.6 Å². The van der Waals surface area contributed by atoms with Crippen LogP contribution in [0, 0.1) is 5.92 Å². The van der Waals surface area contributed by atoms with Crippen LogP contribution >= 0.6 is 27.5 Å². The van der Waals surface area contributed by atoms with Gasteiger partial charge < -0.3 is 10.4 Å². The zero-order valence-corrected chi connectivity index (χ0v) is 14.2. The Labute approximate surface area is 129 Å². The molecule has 1 atom stereocenters. The van der Waals surface area contributed by atoms with Gasteiger partial charge in [-0.25, -0.2) is 0 Å². The third kappa shape index (κ3) is 6.75. The Morgan fingerprint density at radius 2 is 2.11 bits per heavy atom. The van der Waals surface area contributed by atoms with Crippen molar-refractivity contribution in [3.05, 3.63) is 33.3 Å². The second kappa shape index (κ2) is 7.63. The van der Waals surface area contributed by atoms with Gasteiger partial charge in [-0.15, -0.1) is 0 Å². The van der Waals surface area contributed by atoms with Crippen molar-refractivity contribution in [3.63, 3.8) is 0 Å². The molecule has 0 fully saturated rings. The third-order valence-electron chi connectivity index (χ3n) is 2.98. The molecule has 1 aromatic rings. The van der Waals surface area contributed by atoms with Crippen molar-refractivity contribution < 1.29 is 5.11 Å². The molecule has 2 nitrogen and oxygen atoms in total. The molecule has 108 valence electrons. The Balaban J connectivity index is 2.49. The van der Waals surface area contributed by atoms with E-state index in [0.29, 0.717) is 23.8 Å². The summed E-state index contributed by atoms with van der Waals surface area (Å²) in [5, 5.41) is 14.5. The molecule has 1 unspecified atom stereocenters. The minimum atomic E-state index is -0.735. The molecular formula is C15H23BrClNO. The molecule has 0 amide bonds. The van der Waals surface area contributed by atoms with Gasteiger partial charge in [-0.2, -0.15) is 0 Å². The summed E-state index contributed by atoms with van der Waals surface area (Å²) in [6.45, 7) is 8.01. The summed E-state index contributed by atoms with van der Waals surface area (Å²) >= 11 is 9.57. The molecule has 2 N–H and O–H groups in total. The smallest absolute Gasteiger partial charge is 0.0672 e. The monoisotopic (exact) mass is 347 g/mol. The highest BCUT2D eigenvalue weighted by Gasteiger charge is 2.21. The van der Waals surface area contributed by atoms with Crippen molar-refractivity contribution in [2.75, 3.05) is 13.1 Å². The van der Waals surface area contributed by atoms with E-state index in [2.05, 4.69) is 35.1 Å². The average molecular weight is 349 g/mol. The summed E-state index contributed by atoms with van der Waals surface area (Å²) in [5.74, 6) is 0.630. The second-order valence-corrected chi connectivity index (χ2v) is 7.08. The molecule has 0 heterocycles. The Kier molecular flexibility index (Phi) is 6.81. The molecule has 19 heavy (non-hydrogen) atoms. The van der Waals surface area contributed by atoms with Gasteiger partial charge in [0.05, 0.1) is 5.60 Å². The van der Waals surface area contributed by atoms with Crippen LogP contribution < -0.4 is 5.32 Å². The fraction of sp³-hybridized carbons (Fsp3) is 0.600. The van der Waals surface area contributed by atoms with Gasteiger partial charge in [-0.1, -0.05) is 47.4 Å². The van der Waals surface area contributed by atoms with Crippen molar-refractivity contribution >= 4 is 27.5 Å². The Morgan fingerprint density at radius 1 is 1.42 bits per heavy atom. The van der Waals surface area contributed by atoms with Gasteiger partial charge in [-0.05, 0) is 50.0 Å². The van der Waals surface area contributed by atoms with Crippen LogP contribution in [0.15, 0.2) is 22.7 Å². The van der Waals surface area contributed by atoms with Crippen LogP contribution in [0.25, 0.3) is 0 Å².